The molecule has 60 heavy (non-hydrogen) atoms. The Kier molecular flexibility index (Phi) is 37.7. The minimum absolute atomic E-state index is 0.0466. The lowest BCUT2D eigenvalue weighted by atomic mass is 9.91. The maximum absolute atomic E-state index is 13.4. The Bertz CT molecular complexity index is 990. The van der Waals surface area contributed by atoms with Crippen molar-refractivity contribution < 1.29 is 24.2 Å². The van der Waals surface area contributed by atoms with E-state index >= 15 is 0 Å². The highest BCUT2D eigenvalue weighted by atomic mass is 16.5. The molecule has 0 saturated carbocycles. The highest BCUT2D eigenvalue weighted by Crippen LogP contribution is 2.24. The van der Waals surface area contributed by atoms with Crippen molar-refractivity contribution in [3.63, 3.8) is 0 Å². The molecule has 0 spiro atoms. The summed E-state index contributed by atoms with van der Waals surface area (Å²) in [4.78, 5) is 44.9. The molecule has 1 atom stereocenters. The van der Waals surface area contributed by atoms with Gasteiger partial charge in [0.2, 0.25) is 11.8 Å². The molecule has 1 rings (SSSR count). The molecule has 1 unspecified atom stereocenters. The number of carbonyl (C=O) groups is 3. The van der Waals surface area contributed by atoms with E-state index in [2.05, 4.69) is 37.5 Å². The monoisotopic (exact) mass is 848 g/mol. The second-order valence-corrected chi connectivity index (χ2v) is 18.9. The molecule has 0 aromatic rings. The maximum atomic E-state index is 13.4. The van der Waals surface area contributed by atoms with E-state index in [9.17, 15) is 19.5 Å². The Balaban J connectivity index is 2.31. The van der Waals surface area contributed by atoms with E-state index in [1.807, 2.05) is 11.9 Å². The van der Waals surface area contributed by atoms with Gasteiger partial charge in [-0.3, -0.25) is 14.4 Å². The number of amides is 2. The van der Waals surface area contributed by atoms with Crippen molar-refractivity contribution in [2.24, 2.45) is 11.8 Å². The first-order chi connectivity index (χ1) is 29.2. The summed E-state index contributed by atoms with van der Waals surface area (Å²) in [6.07, 6.45) is 38.1. The number of β-amino-alcohol motifs (C(OH)–C–C–N with tert-alkyl or cyclic N) is 1. The van der Waals surface area contributed by atoms with Crippen molar-refractivity contribution in [1.29, 1.82) is 0 Å². The molecule has 0 aromatic carbocycles. The minimum atomic E-state index is -0.260. The van der Waals surface area contributed by atoms with Crippen LogP contribution >= 0.6 is 0 Å². The molecule has 1 fully saturated rings. The summed E-state index contributed by atoms with van der Waals surface area (Å²) in [6.45, 7) is 14.4. The van der Waals surface area contributed by atoms with Gasteiger partial charge in [-0.1, -0.05) is 169 Å². The van der Waals surface area contributed by atoms with Crippen LogP contribution in [0.4, 0.5) is 0 Å². The molecule has 2 amide bonds. The van der Waals surface area contributed by atoms with Crippen molar-refractivity contribution in [2.75, 3.05) is 52.9 Å². The molecule has 1 aliphatic heterocycles. The standard InChI is InChI=1S/C52H101N3O5/c1-6-10-20-30-47(31-21-11-7-2)34-28-40-53(5)50(57)36-24-16-14-18-26-41-55(51(58)39-44-54-43-38-49(56)46-54)42-27-19-15-17-25-37-52(59)60-45-29-35-48(32-22-12-8-3)33-23-13-9-4/h47-49,56H,6-46H2,1-5H3. The number of unbranched alkanes of at least 4 members (excludes halogenated alkanes) is 16. The predicted octanol–water partition coefficient (Wildman–Crippen LogP) is 13.1. The number of hydrogen-bond donors (Lipinski definition) is 1. The van der Waals surface area contributed by atoms with Crippen LogP contribution in [0.25, 0.3) is 0 Å². The molecule has 8 nitrogen and oxygen atoms in total. The second kappa shape index (κ2) is 40.1. The number of aliphatic hydroxyl groups excluding tert-OH is 1. The summed E-state index contributed by atoms with van der Waals surface area (Å²) in [5, 5.41) is 9.93. The van der Waals surface area contributed by atoms with Gasteiger partial charge in [0.15, 0.2) is 0 Å². The zero-order chi connectivity index (χ0) is 43.9. The van der Waals surface area contributed by atoms with Crippen LogP contribution in [0.1, 0.15) is 246 Å². The summed E-state index contributed by atoms with van der Waals surface area (Å²) < 4.78 is 5.61. The molecular weight excluding hydrogens is 747 g/mol. The Morgan fingerprint density at radius 1 is 0.550 bits per heavy atom. The van der Waals surface area contributed by atoms with Crippen LogP contribution in [0.5, 0.6) is 0 Å². The topological polar surface area (TPSA) is 90.4 Å². The average Bonchev–Trinajstić information content (AvgIpc) is 3.67. The van der Waals surface area contributed by atoms with Gasteiger partial charge in [0.1, 0.15) is 0 Å². The zero-order valence-corrected chi connectivity index (χ0v) is 40.6. The molecule has 1 aliphatic rings. The van der Waals surface area contributed by atoms with Crippen molar-refractivity contribution in [3.8, 4) is 0 Å². The SMILES string of the molecule is CCCCCC(CCCCC)CCCOC(=O)CCCCCCCN(CCCCCCCC(=O)N(C)CCCC(CCCCC)CCCCC)C(=O)CCN1CCC(O)C1. The number of ether oxygens (including phenoxy) is 1. The third-order valence-corrected chi connectivity index (χ3v) is 13.3. The molecule has 1 N–H and O–H groups in total. The second-order valence-electron chi connectivity index (χ2n) is 18.9. The molecule has 1 saturated heterocycles. The van der Waals surface area contributed by atoms with Crippen LogP contribution in [0.15, 0.2) is 0 Å². The Labute approximate surface area is 372 Å². The summed E-state index contributed by atoms with van der Waals surface area (Å²) in [5.41, 5.74) is 0. The number of rotatable bonds is 43. The number of nitrogens with zero attached hydrogens (tertiary/aromatic N) is 3. The summed E-state index contributed by atoms with van der Waals surface area (Å²) in [5.74, 6) is 2.08. The van der Waals surface area contributed by atoms with Gasteiger partial charge >= 0.3 is 5.97 Å². The van der Waals surface area contributed by atoms with Gasteiger partial charge in [-0.15, -0.1) is 0 Å². The largest absolute Gasteiger partial charge is 0.466 e. The quantitative estimate of drug-likeness (QED) is 0.0485. The molecule has 0 radical (unpaired) electrons. The Morgan fingerprint density at radius 2 is 1.02 bits per heavy atom. The molecule has 0 aromatic heterocycles. The Hall–Kier alpha value is -1.67. The summed E-state index contributed by atoms with van der Waals surface area (Å²) >= 11 is 0. The van der Waals surface area contributed by atoms with Crippen LogP contribution in [0.2, 0.25) is 0 Å². The van der Waals surface area contributed by atoms with Crippen LogP contribution < -0.4 is 0 Å². The zero-order valence-electron chi connectivity index (χ0n) is 40.6. The lowest BCUT2D eigenvalue weighted by Crippen LogP contribution is -2.35. The molecule has 1 heterocycles. The van der Waals surface area contributed by atoms with Crippen LogP contribution in [-0.4, -0.2) is 96.6 Å². The first kappa shape index (κ1) is 56.3. The highest BCUT2D eigenvalue weighted by Gasteiger charge is 2.22. The average molecular weight is 848 g/mol. The third kappa shape index (κ3) is 32.1. The van der Waals surface area contributed by atoms with Gasteiger partial charge in [-0.25, -0.2) is 0 Å². The first-order valence-electron chi connectivity index (χ1n) is 26.3. The predicted molar refractivity (Wildman–Crippen MR) is 254 cm³/mol. The van der Waals surface area contributed by atoms with E-state index in [1.165, 1.54) is 116 Å². The third-order valence-electron chi connectivity index (χ3n) is 13.3. The fourth-order valence-corrected chi connectivity index (χ4v) is 9.16. The van der Waals surface area contributed by atoms with E-state index in [1.54, 1.807) is 0 Å². The molecular formula is C52H101N3O5. The molecule has 8 heteroatoms. The molecule has 0 aliphatic carbocycles. The normalized spacial score (nSPS) is 14.4. The lowest BCUT2D eigenvalue weighted by molar-refractivity contribution is -0.144. The highest BCUT2D eigenvalue weighted by molar-refractivity contribution is 5.76. The van der Waals surface area contributed by atoms with Crippen molar-refractivity contribution in [1.82, 2.24) is 14.7 Å². The van der Waals surface area contributed by atoms with Crippen LogP contribution in [0, 0.1) is 11.8 Å². The molecule has 354 valence electrons. The van der Waals surface area contributed by atoms with Crippen molar-refractivity contribution >= 4 is 17.8 Å². The number of hydrogen-bond acceptors (Lipinski definition) is 6. The Morgan fingerprint density at radius 3 is 1.52 bits per heavy atom. The van der Waals surface area contributed by atoms with Gasteiger partial charge in [0.25, 0.3) is 0 Å². The van der Waals surface area contributed by atoms with E-state index in [-0.39, 0.29) is 23.9 Å². The fourth-order valence-electron chi connectivity index (χ4n) is 9.16. The van der Waals surface area contributed by atoms with E-state index in [4.69, 9.17) is 4.74 Å². The number of aliphatic hydroxyl groups is 1. The first-order valence-corrected chi connectivity index (χ1v) is 26.3. The molecule has 0 bridgehead atoms. The van der Waals surface area contributed by atoms with Crippen molar-refractivity contribution in [2.45, 2.75) is 252 Å². The number of likely N-dealkylation sites (tertiary alicyclic amines) is 1. The van der Waals surface area contributed by atoms with E-state index < -0.39 is 0 Å². The fraction of sp³-hybridized carbons (Fsp3) is 0.942. The van der Waals surface area contributed by atoms with Crippen LogP contribution in [-0.2, 0) is 19.1 Å². The lowest BCUT2D eigenvalue weighted by Gasteiger charge is -2.24. The van der Waals surface area contributed by atoms with Gasteiger partial charge in [0.05, 0.1) is 12.7 Å². The minimum Gasteiger partial charge on any atom is -0.466 e. The summed E-state index contributed by atoms with van der Waals surface area (Å²) in [7, 11) is 1.99. The number of esters is 1. The van der Waals surface area contributed by atoms with E-state index in [0.717, 1.165) is 128 Å². The number of carbonyl (C=O) groups excluding carboxylic acids is 3. The summed E-state index contributed by atoms with van der Waals surface area (Å²) in [6, 6.07) is 0. The van der Waals surface area contributed by atoms with Gasteiger partial charge < -0.3 is 24.5 Å². The smallest absolute Gasteiger partial charge is 0.305 e. The van der Waals surface area contributed by atoms with Crippen LogP contribution in [0.3, 0.4) is 0 Å². The van der Waals surface area contributed by atoms with Crippen molar-refractivity contribution in [3.05, 3.63) is 0 Å². The van der Waals surface area contributed by atoms with E-state index in [0.29, 0.717) is 32.4 Å². The van der Waals surface area contributed by atoms with Gasteiger partial charge in [-0.2, -0.15) is 0 Å². The van der Waals surface area contributed by atoms with Gasteiger partial charge in [0, 0.05) is 65.6 Å². The maximum Gasteiger partial charge on any atom is 0.305 e. The van der Waals surface area contributed by atoms with Gasteiger partial charge in [-0.05, 0) is 69.6 Å².